The quantitative estimate of drug-likeness (QED) is 0.295. The van der Waals surface area contributed by atoms with Gasteiger partial charge in [-0.1, -0.05) is 77.8 Å². The number of amides is 1. The molecule has 1 aliphatic heterocycles. The van der Waals surface area contributed by atoms with Gasteiger partial charge in [-0.3, -0.25) is 4.79 Å². The summed E-state index contributed by atoms with van der Waals surface area (Å²) >= 11 is 12.5. The molecule has 0 spiro atoms. The van der Waals surface area contributed by atoms with Gasteiger partial charge in [0.15, 0.2) is 0 Å². The first kappa shape index (κ1) is 22.9. The molecular formula is C29H19Cl2NO3. The lowest BCUT2D eigenvalue weighted by Crippen LogP contribution is -2.26. The zero-order valence-corrected chi connectivity index (χ0v) is 19.9. The molecule has 0 fully saturated rings. The Morgan fingerprint density at radius 2 is 1.40 bits per heavy atom. The Labute approximate surface area is 212 Å². The number of carbonyl (C=O) groups is 2. The van der Waals surface area contributed by atoms with Gasteiger partial charge in [0, 0.05) is 21.2 Å². The van der Waals surface area contributed by atoms with E-state index in [-0.39, 0.29) is 18.0 Å². The molecule has 5 rings (SSSR count). The molecule has 0 saturated heterocycles. The van der Waals surface area contributed by atoms with Crippen LogP contribution in [0.15, 0.2) is 97.1 Å². The minimum absolute atomic E-state index is 0.173. The van der Waals surface area contributed by atoms with Gasteiger partial charge in [0.25, 0.3) is 5.91 Å². The standard InChI is InChI=1S/C29H19Cl2NO3/c30-22-11-9-20(10-12-22)26(19-6-2-1-3-7-19)27-24-16-23(31)13-14-25(24)32(28(27)33)17-18-5-4-8-21(15-18)29(34)35/h1-16H,17H2,(H,34,35)/b27-26+. The molecule has 0 saturated carbocycles. The van der Waals surface area contributed by atoms with Gasteiger partial charge < -0.3 is 10.0 Å². The van der Waals surface area contributed by atoms with Crippen LogP contribution < -0.4 is 4.90 Å². The summed E-state index contributed by atoms with van der Waals surface area (Å²) in [5, 5.41) is 10.5. The van der Waals surface area contributed by atoms with Gasteiger partial charge in [-0.15, -0.1) is 0 Å². The molecular weight excluding hydrogens is 481 g/mol. The van der Waals surface area contributed by atoms with Gasteiger partial charge in [-0.25, -0.2) is 4.79 Å². The van der Waals surface area contributed by atoms with Gasteiger partial charge in [-0.05, 0) is 59.2 Å². The summed E-state index contributed by atoms with van der Waals surface area (Å²) < 4.78 is 0. The van der Waals surface area contributed by atoms with Gasteiger partial charge in [0.05, 0.1) is 23.4 Å². The first-order valence-electron chi connectivity index (χ1n) is 10.9. The number of carboxylic acids is 1. The fourth-order valence-electron chi connectivity index (χ4n) is 4.36. The highest BCUT2D eigenvalue weighted by Crippen LogP contribution is 2.44. The molecule has 6 heteroatoms. The maximum absolute atomic E-state index is 14.0. The van der Waals surface area contributed by atoms with E-state index in [1.54, 1.807) is 41.3 Å². The average Bonchev–Trinajstić information content (AvgIpc) is 3.12. The molecule has 0 aliphatic carbocycles. The summed E-state index contributed by atoms with van der Waals surface area (Å²) in [6.07, 6.45) is 0. The van der Waals surface area contributed by atoms with Crippen molar-refractivity contribution in [2.24, 2.45) is 0 Å². The summed E-state index contributed by atoms with van der Waals surface area (Å²) in [4.78, 5) is 27.2. The second kappa shape index (κ2) is 9.41. The third-order valence-electron chi connectivity index (χ3n) is 5.94. The molecule has 35 heavy (non-hydrogen) atoms. The van der Waals surface area contributed by atoms with Crippen molar-refractivity contribution < 1.29 is 14.7 Å². The number of anilines is 1. The van der Waals surface area contributed by atoms with E-state index in [4.69, 9.17) is 23.2 Å². The number of hydrogen-bond donors (Lipinski definition) is 1. The van der Waals surface area contributed by atoms with E-state index in [1.807, 2.05) is 54.6 Å². The van der Waals surface area contributed by atoms with E-state index >= 15 is 0 Å². The van der Waals surface area contributed by atoms with Crippen LogP contribution in [0.4, 0.5) is 5.69 Å². The smallest absolute Gasteiger partial charge is 0.335 e. The zero-order valence-electron chi connectivity index (χ0n) is 18.4. The Hall–Kier alpha value is -3.86. The van der Waals surface area contributed by atoms with Crippen LogP contribution in [-0.4, -0.2) is 17.0 Å². The number of benzene rings is 4. The molecule has 1 amide bonds. The first-order valence-corrected chi connectivity index (χ1v) is 11.7. The van der Waals surface area contributed by atoms with E-state index in [0.717, 1.165) is 28.0 Å². The van der Waals surface area contributed by atoms with Crippen molar-refractivity contribution in [3.63, 3.8) is 0 Å². The van der Waals surface area contributed by atoms with Gasteiger partial charge in [0.1, 0.15) is 0 Å². The summed E-state index contributed by atoms with van der Waals surface area (Å²) in [6, 6.07) is 29.1. The molecule has 0 radical (unpaired) electrons. The molecule has 1 heterocycles. The molecule has 172 valence electrons. The lowest BCUT2D eigenvalue weighted by Gasteiger charge is -2.18. The molecule has 0 atom stereocenters. The molecule has 1 aliphatic rings. The molecule has 4 aromatic carbocycles. The second-order valence-corrected chi connectivity index (χ2v) is 9.05. The van der Waals surface area contributed by atoms with Crippen molar-refractivity contribution in [1.29, 1.82) is 0 Å². The van der Waals surface area contributed by atoms with Crippen molar-refractivity contribution in [3.8, 4) is 0 Å². The predicted octanol–water partition coefficient (Wildman–Crippen LogP) is 7.20. The first-order chi connectivity index (χ1) is 16.9. The van der Waals surface area contributed by atoms with E-state index in [0.29, 0.717) is 21.2 Å². The highest BCUT2D eigenvalue weighted by atomic mass is 35.5. The molecule has 0 unspecified atom stereocenters. The van der Waals surface area contributed by atoms with E-state index in [9.17, 15) is 14.7 Å². The topological polar surface area (TPSA) is 57.6 Å². The molecule has 0 aromatic heterocycles. The minimum atomic E-state index is -1.01. The zero-order chi connectivity index (χ0) is 24.5. The lowest BCUT2D eigenvalue weighted by atomic mass is 9.90. The number of fused-ring (bicyclic) bond motifs is 1. The lowest BCUT2D eigenvalue weighted by molar-refractivity contribution is -0.113. The van der Waals surface area contributed by atoms with Crippen molar-refractivity contribution in [1.82, 2.24) is 0 Å². The normalized spacial score (nSPS) is 14.1. The highest BCUT2D eigenvalue weighted by molar-refractivity contribution is 6.40. The summed E-state index contributed by atoms with van der Waals surface area (Å²) in [6.45, 7) is 0.223. The largest absolute Gasteiger partial charge is 0.478 e. The summed E-state index contributed by atoms with van der Waals surface area (Å²) in [7, 11) is 0. The molecule has 1 N–H and O–H groups in total. The predicted molar refractivity (Wildman–Crippen MR) is 140 cm³/mol. The fraction of sp³-hybridized carbons (Fsp3) is 0.0345. The number of rotatable bonds is 5. The number of aromatic carboxylic acids is 1. The van der Waals surface area contributed by atoms with Crippen LogP contribution in [-0.2, 0) is 11.3 Å². The van der Waals surface area contributed by atoms with Crippen LogP contribution in [0.25, 0.3) is 11.1 Å². The number of halogens is 2. The van der Waals surface area contributed by atoms with Crippen LogP contribution in [0.3, 0.4) is 0 Å². The molecule has 4 nitrogen and oxygen atoms in total. The third-order valence-corrected chi connectivity index (χ3v) is 6.42. The van der Waals surface area contributed by atoms with Gasteiger partial charge in [-0.2, -0.15) is 0 Å². The monoisotopic (exact) mass is 499 g/mol. The summed E-state index contributed by atoms with van der Waals surface area (Å²) in [5.41, 5.74) is 5.38. The van der Waals surface area contributed by atoms with Crippen LogP contribution in [0.2, 0.25) is 10.0 Å². The average molecular weight is 500 g/mol. The highest BCUT2D eigenvalue weighted by Gasteiger charge is 2.35. The Morgan fingerprint density at radius 1 is 0.743 bits per heavy atom. The minimum Gasteiger partial charge on any atom is -0.478 e. The second-order valence-electron chi connectivity index (χ2n) is 8.18. The summed E-state index contributed by atoms with van der Waals surface area (Å²) in [5.74, 6) is -1.20. The van der Waals surface area contributed by atoms with Crippen molar-refractivity contribution >= 4 is 51.9 Å². The van der Waals surface area contributed by atoms with E-state index in [1.165, 1.54) is 6.07 Å². The number of carbonyl (C=O) groups excluding carboxylic acids is 1. The van der Waals surface area contributed by atoms with Crippen LogP contribution in [0.1, 0.15) is 32.6 Å². The van der Waals surface area contributed by atoms with E-state index in [2.05, 4.69) is 0 Å². The van der Waals surface area contributed by atoms with E-state index < -0.39 is 5.97 Å². The number of hydrogen-bond acceptors (Lipinski definition) is 2. The Balaban J connectivity index is 1.71. The fourth-order valence-corrected chi connectivity index (χ4v) is 4.66. The van der Waals surface area contributed by atoms with Gasteiger partial charge >= 0.3 is 5.97 Å². The Bertz CT molecular complexity index is 1480. The molecule has 4 aromatic rings. The van der Waals surface area contributed by atoms with Crippen molar-refractivity contribution in [2.75, 3.05) is 4.90 Å². The van der Waals surface area contributed by atoms with Crippen LogP contribution >= 0.6 is 23.2 Å². The maximum atomic E-state index is 14.0. The molecule has 0 bridgehead atoms. The van der Waals surface area contributed by atoms with Crippen molar-refractivity contribution in [2.45, 2.75) is 6.54 Å². The maximum Gasteiger partial charge on any atom is 0.335 e. The van der Waals surface area contributed by atoms with Crippen molar-refractivity contribution in [3.05, 3.63) is 135 Å². The Morgan fingerprint density at radius 3 is 2.11 bits per heavy atom. The SMILES string of the molecule is O=C(O)c1cccc(CN2C(=O)/C(=C(\c3ccccc3)c3ccc(Cl)cc3)c3cc(Cl)ccc32)c1. The number of nitrogens with zero attached hydrogens (tertiary/aromatic N) is 1. The Kier molecular flexibility index (Phi) is 6.16. The van der Waals surface area contributed by atoms with Crippen LogP contribution in [0.5, 0.6) is 0 Å². The van der Waals surface area contributed by atoms with Gasteiger partial charge in [0.2, 0.25) is 0 Å². The number of carboxylic acid groups (broad SMARTS) is 1. The van der Waals surface area contributed by atoms with Crippen LogP contribution in [0, 0.1) is 0 Å². The third kappa shape index (κ3) is 4.46.